The molecule has 7 heteroatoms. The molecule has 1 fully saturated rings. The second-order valence-electron chi connectivity index (χ2n) is 8.15. The van der Waals surface area contributed by atoms with Gasteiger partial charge in [0.15, 0.2) is 0 Å². The molecule has 0 bridgehead atoms. The van der Waals surface area contributed by atoms with E-state index in [1.807, 2.05) is 59.4 Å². The molecule has 1 saturated heterocycles. The molecular weight excluding hydrogens is 342 g/mol. The molecule has 0 radical (unpaired) electrons. The van der Waals surface area contributed by atoms with Crippen molar-refractivity contribution in [2.45, 2.75) is 66.6 Å². The Bertz CT molecular complexity index is 851. The fraction of sp³-hybridized carbons (Fsp3) is 0.600. The minimum Gasteiger partial charge on any atom is -0.369 e. The Morgan fingerprint density at radius 3 is 2.44 bits per heavy atom. The molecule has 3 heterocycles. The molecule has 0 saturated carbocycles. The quantitative estimate of drug-likeness (QED) is 0.829. The Labute approximate surface area is 160 Å². The first kappa shape index (κ1) is 19.5. The maximum Gasteiger partial charge on any atom is 0.251 e. The molecule has 2 aromatic rings. The lowest BCUT2D eigenvalue weighted by Crippen LogP contribution is -2.54. The van der Waals surface area contributed by atoms with Crippen LogP contribution in [0.3, 0.4) is 0 Å². The van der Waals surface area contributed by atoms with Crippen molar-refractivity contribution in [2.24, 2.45) is 0 Å². The number of carbonyl (C=O) groups excluding carboxylic acids is 1. The maximum atomic E-state index is 13.0. The van der Waals surface area contributed by atoms with Gasteiger partial charge in [-0.3, -0.25) is 4.79 Å². The molecule has 7 nitrogen and oxygen atoms in total. The third kappa shape index (κ3) is 4.18. The van der Waals surface area contributed by atoms with Crippen molar-refractivity contribution in [3.63, 3.8) is 0 Å². The number of rotatable bonds is 3. The monoisotopic (exact) mass is 371 g/mol. The van der Waals surface area contributed by atoms with Crippen LogP contribution in [-0.2, 0) is 16.0 Å². The van der Waals surface area contributed by atoms with Crippen LogP contribution in [-0.4, -0.2) is 55.4 Å². The number of aryl methyl sites for hydroxylation is 3. The van der Waals surface area contributed by atoms with Gasteiger partial charge in [0.25, 0.3) is 5.95 Å². The van der Waals surface area contributed by atoms with Crippen LogP contribution < -0.4 is 0 Å². The maximum absolute atomic E-state index is 13.0. The molecular formula is C20H29N5O2. The fourth-order valence-corrected chi connectivity index (χ4v) is 3.83. The molecule has 1 aliphatic rings. The van der Waals surface area contributed by atoms with Crippen LogP contribution in [0.1, 0.15) is 49.1 Å². The van der Waals surface area contributed by atoms with Gasteiger partial charge in [0.2, 0.25) is 5.91 Å². The molecule has 0 aliphatic carbocycles. The summed E-state index contributed by atoms with van der Waals surface area (Å²) in [6, 6.07) is 1.93. The van der Waals surface area contributed by atoms with E-state index in [0.29, 0.717) is 25.5 Å². The van der Waals surface area contributed by atoms with Crippen LogP contribution >= 0.6 is 0 Å². The summed E-state index contributed by atoms with van der Waals surface area (Å²) in [5, 5.41) is 4.60. The minimum atomic E-state index is -0.325. The van der Waals surface area contributed by atoms with Crippen molar-refractivity contribution in [1.29, 1.82) is 0 Å². The van der Waals surface area contributed by atoms with E-state index in [1.165, 1.54) is 0 Å². The Morgan fingerprint density at radius 2 is 1.85 bits per heavy atom. The number of nitrogens with zero attached hydrogens (tertiary/aromatic N) is 5. The average Bonchev–Trinajstić information content (AvgIpc) is 2.80. The summed E-state index contributed by atoms with van der Waals surface area (Å²) in [6.07, 6.45) is 0.358. The summed E-state index contributed by atoms with van der Waals surface area (Å²) in [7, 11) is 0. The SMILES string of the molecule is Cc1cc(C)nc(-n2nc(C)c(CC(=O)N3CC(C)OC(C)(C)C3)c2C)n1. The van der Waals surface area contributed by atoms with E-state index >= 15 is 0 Å². The van der Waals surface area contributed by atoms with E-state index in [-0.39, 0.29) is 17.6 Å². The molecule has 27 heavy (non-hydrogen) atoms. The number of aromatic nitrogens is 4. The molecule has 1 amide bonds. The van der Waals surface area contributed by atoms with Crippen molar-refractivity contribution >= 4 is 5.91 Å². The van der Waals surface area contributed by atoms with Crippen LogP contribution in [0.15, 0.2) is 6.07 Å². The zero-order valence-electron chi connectivity index (χ0n) is 17.3. The predicted octanol–water partition coefficient (Wildman–Crippen LogP) is 2.46. The summed E-state index contributed by atoms with van der Waals surface area (Å²) < 4.78 is 7.65. The molecule has 0 N–H and O–H groups in total. The summed E-state index contributed by atoms with van der Waals surface area (Å²) in [4.78, 5) is 23.9. The molecule has 0 aromatic carbocycles. The van der Waals surface area contributed by atoms with E-state index < -0.39 is 0 Å². The Morgan fingerprint density at radius 1 is 1.22 bits per heavy atom. The van der Waals surface area contributed by atoms with Gasteiger partial charge in [-0.05, 0) is 54.5 Å². The number of amides is 1. The number of hydrogen-bond acceptors (Lipinski definition) is 5. The summed E-state index contributed by atoms with van der Waals surface area (Å²) >= 11 is 0. The minimum absolute atomic E-state index is 0.0336. The van der Waals surface area contributed by atoms with Gasteiger partial charge in [0.1, 0.15) is 0 Å². The molecule has 1 atom stereocenters. The fourth-order valence-electron chi connectivity index (χ4n) is 3.83. The first-order valence-electron chi connectivity index (χ1n) is 9.39. The van der Waals surface area contributed by atoms with Crippen LogP contribution in [0.4, 0.5) is 0 Å². The third-order valence-electron chi connectivity index (χ3n) is 4.85. The van der Waals surface area contributed by atoms with Gasteiger partial charge in [-0.15, -0.1) is 0 Å². The second kappa shape index (κ2) is 7.03. The first-order valence-corrected chi connectivity index (χ1v) is 9.39. The van der Waals surface area contributed by atoms with Crippen LogP contribution in [0.25, 0.3) is 5.95 Å². The molecule has 146 valence electrons. The zero-order valence-corrected chi connectivity index (χ0v) is 17.3. The van der Waals surface area contributed by atoms with Gasteiger partial charge in [-0.2, -0.15) is 5.10 Å². The topological polar surface area (TPSA) is 73.1 Å². The molecule has 0 spiro atoms. The number of hydrogen-bond donors (Lipinski definition) is 0. The standard InChI is InChI=1S/C20H29N5O2/c1-12-8-13(2)22-19(21-12)25-16(5)17(15(4)23-25)9-18(26)24-10-14(3)27-20(6,7)11-24/h8,14H,9-11H2,1-7H3. The van der Waals surface area contributed by atoms with E-state index in [9.17, 15) is 4.79 Å². The lowest BCUT2D eigenvalue weighted by atomic mass is 10.0. The lowest BCUT2D eigenvalue weighted by Gasteiger charge is -2.41. The summed E-state index contributed by atoms with van der Waals surface area (Å²) in [6.45, 7) is 15.1. The second-order valence-corrected chi connectivity index (χ2v) is 8.15. The Hall–Kier alpha value is -2.28. The number of ether oxygens (including phenoxy) is 1. The van der Waals surface area contributed by atoms with E-state index in [2.05, 4.69) is 15.1 Å². The predicted molar refractivity (Wildman–Crippen MR) is 103 cm³/mol. The van der Waals surface area contributed by atoms with Crippen molar-refractivity contribution in [3.05, 3.63) is 34.4 Å². The van der Waals surface area contributed by atoms with Crippen LogP contribution in [0, 0.1) is 27.7 Å². The third-order valence-corrected chi connectivity index (χ3v) is 4.85. The summed E-state index contributed by atoms with van der Waals surface area (Å²) in [5.74, 6) is 0.651. The Balaban J connectivity index is 1.86. The van der Waals surface area contributed by atoms with Gasteiger partial charge >= 0.3 is 0 Å². The molecule has 1 unspecified atom stereocenters. The number of carbonyl (C=O) groups is 1. The van der Waals surface area contributed by atoms with Crippen LogP contribution in [0.5, 0.6) is 0 Å². The lowest BCUT2D eigenvalue weighted by molar-refractivity contribution is -0.157. The highest BCUT2D eigenvalue weighted by Crippen LogP contribution is 2.23. The zero-order chi connectivity index (χ0) is 19.9. The van der Waals surface area contributed by atoms with Crippen molar-refractivity contribution in [1.82, 2.24) is 24.6 Å². The van der Waals surface area contributed by atoms with E-state index in [0.717, 1.165) is 28.3 Å². The van der Waals surface area contributed by atoms with Gasteiger partial charge < -0.3 is 9.64 Å². The average molecular weight is 371 g/mol. The highest BCUT2D eigenvalue weighted by molar-refractivity contribution is 5.79. The van der Waals surface area contributed by atoms with E-state index in [4.69, 9.17) is 4.74 Å². The van der Waals surface area contributed by atoms with Crippen molar-refractivity contribution in [3.8, 4) is 5.95 Å². The highest BCUT2D eigenvalue weighted by atomic mass is 16.5. The van der Waals surface area contributed by atoms with Gasteiger partial charge in [0.05, 0.1) is 23.8 Å². The van der Waals surface area contributed by atoms with Crippen LogP contribution in [0.2, 0.25) is 0 Å². The smallest absolute Gasteiger partial charge is 0.251 e. The molecule has 2 aromatic heterocycles. The summed E-state index contributed by atoms with van der Waals surface area (Å²) in [5.41, 5.74) is 4.16. The van der Waals surface area contributed by atoms with Crippen molar-refractivity contribution < 1.29 is 9.53 Å². The normalized spacial score (nSPS) is 19.4. The highest BCUT2D eigenvalue weighted by Gasteiger charge is 2.34. The van der Waals surface area contributed by atoms with E-state index in [1.54, 1.807) is 4.68 Å². The van der Waals surface area contributed by atoms with Gasteiger partial charge in [-0.25, -0.2) is 14.6 Å². The molecule has 3 rings (SSSR count). The number of morpholine rings is 1. The van der Waals surface area contributed by atoms with Crippen molar-refractivity contribution in [2.75, 3.05) is 13.1 Å². The largest absolute Gasteiger partial charge is 0.369 e. The first-order chi connectivity index (χ1) is 12.6. The van der Waals surface area contributed by atoms with Gasteiger partial charge in [-0.1, -0.05) is 0 Å². The van der Waals surface area contributed by atoms with Gasteiger partial charge in [0, 0.05) is 35.7 Å². The molecule has 1 aliphatic heterocycles. The Kier molecular flexibility index (Phi) is 5.08.